The van der Waals surface area contributed by atoms with Crippen LogP contribution in [0.25, 0.3) is 0 Å². The van der Waals surface area contributed by atoms with Gasteiger partial charge in [0.05, 0.1) is 0 Å². The smallest absolute Gasteiger partial charge is 0.0271 e. The zero-order valence-corrected chi connectivity index (χ0v) is 8.45. The Morgan fingerprint density at radius 1 is 1.17 bits per heavy atom. The highest BCUT2D eigenvalue weighted by Gasteiger charge is 2.40. The summed E-state index contributed by atoms with van der Waals surface area (Å²) in [4.78, 5) is 5.06. The highest BCUT2D eigenvalue weighted by molar-refractivity contribution is 4.96. The predicted octanol–water partition coefficient (Wildman–Crippen LogP) is 1.03. The minimum atomic E-state index is 0.785. The maximum Gasteiger partial charge on any atom is 0.0271 e. The second-order valence-corrected chi connectivity index (χ2v) is 4.57. The highest BCUT2D eigenvalue weighted by Crippen LogP contribution is 2.34. The van der Waals surface area contributed by atoms with Gasteiger partial charge in [0.1, 0.15) is 0 Å². The first-order chi connectivity index (χ1) is 5.70. The van der Waals surface area contributed by atoms with Crippen LogP contribution in [0.1, 0.15) is 19.8 Å². The molecule has 2 nitrogen and oxygen atoms in total. The minimum Gasteiger partial charge on any atom is -0.305 e. The topological polar surface area (TPSA) is 6.48 Å². The monoisotopic (exact) mass is 168 g/mol. The summed E-state index contributed by atoms with van der Waals surface area (Å²) < 4.78 is 0. The number of nitrogens with zero attached hydrogens (tertiary/aromatic N) is 2. The average molecular weight is 168 g/mol. The SMILES string of the molecule is CC1C(N(C)C)C2CCN1CC2. The average Bonchev–Trinajstić information content (AvgIpc) is 2.05. The third-order valence-corrected chi connectivity index (χ3v) is 3.72. The molecule has 2 bridgehead atoms. The van der Waals surface area contributed by atoms with Crippen LogP contribution >= 0.6 is 0 Å². The molecule has 3 heterocycles. The molecule has 0 aliphatic carbocycles. The summed E-state index contributed by atoms with van der Waals surface area (Å²) in [6.07, 6.45) is 2.85. The fraction of sp³-hybridized carbons (Fsp3) is 1.00. The summed E-state index contributed by atoms with van der Waals surface area (Å²) in [7, 11) is 4.45. The van der Waals surface area contributed by atoms with Crippen LogP contribution in [0.3, 0.4) is 0 Å². The van der Waals surface area contributed by atoms with Crippen LogP contribution in [0, 0.1) is 5.92 Å². The molecule has 0 radical (unpaired) electrons. The van der Waals surface area contributed by atoms with Crippen molar-refractivity contribution in [2.24, 2.45) is 5.92 Å². The first-order valence-corrected chi connectivity index (χ1v) is 5.10. The summed E-state index contributed by atoms with van der Waals surface area (Å²) >= 11 is 0. The molecule has 3 saturated heterocycles. The van der Waals surface area contributed by atoms with E-state index in [1.165, 1.54) is 25.9 Å². The van der Waals surface area contributed by atoms with Crippen molar-refractivity contribution in [2.45, 2.75) is 31.8 Å². The van der Waals surface area contributed by atoms with Gasteiger partial charge in [-0.1, -0.05) is 0 Å². The standard InChI is InChI=1S/C10H20N2/c1-8-10(11(2)3)9-4-6-12(8)7-5-9/h8-10H,4-7H2,1-3H3. The van der Waals surface area contributed by atoms with Gasteiger partial charge in [-0.15, -0.1) is 0 Å². The molecule has 3 aliphatic rings. The molecule has 0 spiro atoms. The van der Waals surface area contributed by atoms with Gasteiger partial charge >= 0.3 is 0 Å². The van der Waals surface area contributed by atoms with Gasteiger partial charge in [-0.25, -0.2) is 0 Å². The number of likely N-dealkylation sites (N-methyl/N-ethyl adjacent to an activating group) is 1. The second kappa shape index (κ2) is 3.00. The van der Waals surface area contributed by atoms with Crippen molar-refractivity contribution in [3.05, 3.63) is 0 Å². The number of hydrogen-bond donors (Lipinski definition) is 0. The van der Waals surface area contributed by atoms with Crippen LogP contribution in [0.5, 0.6) is 0 Å². The van der Waals surface area contributed by atoms with Crippen LogP contribution in [0.15, 0.2) is 0 Å². The van der Waals surface area contributed by atoms with E-state index in [1.54, 1.807) is 0 Å². The van der Waals surface area contributed by atoms with E-state index >= 15 is 0 Å². The molecular formula is C10H20N2. The van der Waals surface area contributed by atoms with Gasteiger partial charge in [0.25, 0.3) is 0 Å². The van der Waals surface area contributed by atoms with Gasteiger partial charge in [-0.05, 0) is 52.9 Å². The van der Waals surface area contributed by atoms with Crippen LogP contribution in [0.2, 0.25) is 0 Å². The van der Waals surface area contributed by atoms with Crippen molar-refractivity contribution in [1.82, 2.24) is 9.80 Å². The first-order valence-electron chi connectivity index (χ1n) is 5.10. The van der Waals surface area contributed by atoms with E-state index in [0.717, 1.165) is 18.0 Å². The molecule has 2 atom stereocenters. The third-order valence-electron chi connectivity index (χ3n) is 3.72. The Hall–Kier alpha value is -0.0800. The van der Waals surface area contributed by atoms with E-state index in [4.69, 9.17) is 0 Å². The zero-order chi connectivity index (χ0) is 8.72. The Kier molecular flexibility index (Phi) is 2.13. The molecule has 12 heavy (non-hydrogen) atoms. The first kappa shape index (κ1) is 8.52. The Balaban J connectivity index is 2.12. The lowest BCUT2D eigenvalue weighted by Crippen LogP contribution is -2.60. The summed E-state index contributed by atoms with van der Waals surface area (Å²) in [5.74, 6) is 0.972. The summed E-state index contributed by atoms with van der Waals surface area (Å²) in [6, 6.07) is 1.60. The lowest BCUT2D eigenvalue weighted by molar-refractivity contribution is -0.0189. The molecular weight excluding hydrogens is 148 g/mol. The van der Waals surface area contributed by atoms with Crippen LogP contribution in [0.4, 0.5) is 0 Å². The molecule has 3 fully saturated rings. The van der Waals surface area contributed by atoms with Gasteiger partial charge in [0, 0.05) is 12.1 Å². The van der Waals surface area contributed by atoms with Crippen molar-refractivity contribution in [3.8, 4) is 0 Å². The van der Waals surface area contributed by atoms with Gasteiger partial charge in [-0.2, -0.15) is 0 Å². The van der Waals surface area contributed by atoms with E-state index in [-0.39, 0.29) is 0 Å². The van der Waals surface area contributed by atoms with E-state index in [9.17, 15) is 0 Å². The zero-order valence-electron chi connectivity index (χ0n) is 8.45. The van der Waals surface area contributed by atoms with Crippen molar-refractivity contribution in [2.75, 3.05) is 27.2 Å². The van der Waals surface area contributed by atoms with Crippen LogP contribution in [-0.4, -0.2) is 49.1 Å². The molecule has 0 amide bonds. The molecule has 0 saturated carbocycles. The number of hydrogen-bond acceptors (Lipinski definition) is 2. The van der Waals surface area contributed by atoms with E-state index < -0.39 is 0 Å². The van der Waals surface area contributed by atoms with Crippen molar-refractivity contribution >= 4 is 0 Å². The lowest BCUT2D eigenvalue weighted by Gasteiger charge is -2.52. The van der Waals surface area contributed by atoms with Crippen LogP contribution < -0.4 is 0 Å². The van der Waals surface area contributed by atoms with Crippen LogP contribution in [-0.2, 0) is 0 Å². The Morgan fingerprint density at radius 2 is 1.75 bits per heavy atom. The van der Waals surface area contributed by atoms with Gasteiger partial charge in [0.2, 0.25) is 0 Å². The van der Waals surface area contributed by atoms with E-state index in [1.807, 2.05) is 0 Å². The number of rotatable bonds is 1. The molecule has 0 aromatic heterocycles. The van der Waals surface area contributed by atoms with E-state index in [2.05, 4.69) is 30.8 Å². The molecule has 0 N–H and O–H groups in total. The minimum absolute atomic E-state index is 0.785. The lowest BCUT2D eigenvalue weighted by atomic mass is 9.79. The normalized spacial score (nSPS) is 47.0. The molecule has 2 unspecified atom stereocenters. The maximum atomic E-state index is 2.64. The number of piperidine rings is 3. The fourth-order valence-corrected chi connectivity index (χ4v) is 3.13. The Labute approximate surface area is 75.5 Å². The number of fused-ring (bicyclic) bond motifs is 3. The molecule has 0 aromatic rings. The largest absolute Gasteiger partial charge is 0.305 e. The van der Waals surface area contributed by atoms with Crippen molar-refractivity contribution < 1.29 is 0 Å². The quantitative estimate of drug-likeness (QED) is 0.577. The predicted molar refractivity (Wildman–Crippen MR) is 51.2 cm³/mol. The third kappa shape index (κ3) is 1.17. The molecule has 0 aromatic carbocycles. The highest BCUT2D eigenvalue weighted by atomic mass is 15.3. The van der Waals surface area contributed by atoms with E-state index in [0.29, 0.717) is 0 Å². The van der Waals surface area contributed by atoms with Crippen molar-refractivity contribution in [1.29, 1.82) is 0 Å². The van der Waals surface area contributed by atoms with Gasteiger partial charge in [0.15, 0.2) is 0 Å². The maximum absolute atomic E-state index is 2.64. The summed E-state index contributed by atoms with van der Waals surface area (Å²) in [5, 5.41) is 0. The molecule has 2 heteroatoms. The Morgan fingerprint density at radius 3 is 2.08 bits per heavy atom. The van der Waals surface area contributed by atoms with Gasteiger partial charge < -0.3 is 4.90 Å². The van der Waals surface area contributed by atoms with Crippen molar-refractivity contribution in [3.63, 3.8) is 0 Å². The molecule has 3 aliphatic heterocycles. The summed E-state index contributed by atoms with van der Waals surface area (Å²) in [5.41, 5.74) is 0. The second-order valence-electron chi connectivity index (χ2n) is 4.57. The summed E-state index contributed by atoms with van der Waals surface area (Å²) in [6.45, 7) is 5.07. The molecule has 70 valence electrons. The molecule has 3 rings (SSSR count). The van der Waals surface area contributed by atoms with Gasteiger partial charge in [-0.3, -0.25) is 4.90 Å². The Bertz CT molecular complexity index is 157. The fourth-order valence-electron chi connectivity index (χ4n) is 3.13.